The standard InChI is InChI=1S/C15H21NO3/c1-2-15(11-17)6-8-16(9-7-15)14(19)12-4-3-5-13(18)10-12/h3-5,10,17-18H,2,6-9,11H2,1H3. The summed E-state index contributed by atoms with van der Waals surface area (Å²) in [7, 11) is 0. The van der Waals surface area contributed by atoms with Crippen molar-refractivity contribution in [2.75, 3.05) is 19.7 Å². The van der Waals surface area contributed by atoms with Gasteiger partial charge < -0.3 is 15.1 Å². The summed E-state index contributed by atoms with van der Waals surface area (Å²) in [6.45, 7) is 3.62. The third-order valence-corrected chi connectivity index (χ3v) is 4.29. The Morgan fingerprint density at radius 1 is 1.37 bits per heavy atom. The highest BCUT2D eigenvalue weighted by molar-refractivity contribution is 5.94. The Morgan fingerprint density at radius 2 is 2.05 bits per heavy atom. The van der Waals surface area contributed by atoms with E-state index in [0.717, 1.165) is 19.3 Å². The predicted molar refractivity (Wildman–Crippen MR) is 73.1 cm³/mol. The number of phenols is 1. The molecule has 104 valence electrons. The van der Waals surface area contributed by atoms with Crippen LogP contribution in [-0.4, -0.2) is 40.7 Å². The summed E-state index contributed by atoms with van der Waals surface area (Å²) in [6.07, 6.45) is 2.62. The Hall–Kier alpha value is -1.55. The van der Waals surface area contributed by atoms with Crippen LogP contribution in [0.15, 0.2) is 24.3 Å². The number of aromatic hydroxyl groups is 1. The minimum absolute atomic E-state index is 0.0182. The van der Waals surface area contributed by atoms with Gasteiger partial charge in [0.2, 0.25) is 0 Å². The summed E-state index contributed by atoms with van der Waals surface area (Å²) >= 11 is 0. The van der Waals surface area contributed by atoms with Crippen molar-refractivity contribution in [2.24, 2.45) is 5.41 Å². The highest BCUT2D eigenvalue weighted by Gasteiger charge is 2.34. The first-order valence-corrected chi connectivity index (χ1v) is 6.79. The van der Waals surface area contributed by atoms with E-state index in [2.05, 4.69) is 6.92 Å². The molecule has 1 saturated heterocycles. The molecule has 4 heteroatoms. The lowest BCUT2D eigenvalue weighted by Gasteiger charge is -2.40. The Balaban J connectivity index is 2.04. The first-order valence-electron chi connectivity index (χ1n) is 6.79. The van der Waals surface area contributed by atoms with E-state index in [4.69, 9.17) is 0 Å². The van der Waals surface area contributed by atoms with E-state index < -0.39 is 0 Å². The molecule has 4 nitrogen and oxygen atoms in total. The lowest BCUT2D eigenvalue weighted by Crippen LogP contribution is -2.44. The number of carbonyl (C=O) groups excluding carboxylic acids is 1. The second-order valence-electron chi connectivity index (χ2n) is 5.35. The smallest absolute Gasteiger partial charge is 0.253 e. The fourth-order valence-electron chi connectivity index (χ4n) is 2.63. The number of hydrogen-bond acceptors (Lipinski definition) is 3. The quantitative estimate of drug-likeness (QED) is 0.877. The highest BCUT2D eigenvalue weighted by atomic mass is 16.3. The van der Waals surface area contributed by atoms with Crippen LogP contribution in [0.2, 0.25) is 0 Å². The Bertz CT molecular complexity index is 444. The predicted octanol–water partition coefficient (Wildman–Crippen LogP) is 2.02. The molecular formula is C15H21NO3. The molecule has 0 atom stereocenters. The molecule has 0 spiro atoms. The summed E-state index contributed by atoms with van der Waals surface area (Å²) in [5.74, 6) is 0.0691. The van der Waals surface area contributed by atoms with Crippen molar-refractivity contribution < 1.29 is 15.0 Å². The molecule has 1 amide bonds. The van der Waals surface area contributed by atoms with Crippen LogP contribution < -0.4 is 0 Å². The number of aliphatic hydroxyl groups is 1. The van der Waals surface area contributed by atoms with E-state index in [0.29, 0.717) is 18.7 Å². The van der Waals surface area contributed by atoms with E-state index in [1.54, 1.807) is 23.1 Å². The summed E-state index contributed by atoms with van der Waals surface area (Å²) in [5.41, 5.74) is 0.503. The molecule has 1 aromatic rings. The minimum atomic E-state index is -0.0430. The number of hydrogen-bond donors (Lipinski definition) is 2. The van der Waals surface area contributed by atoms with E-state index >= 15 is 0 Å². The Labute approximate surface area is 113 Å². The zero-order chi connectivity index (χ0) is 13.9. The minimum Gasteiger partial charge on any atom is -0.508 e. The van der Waals surface area contributed by atoms with Crippen molar-refractivity contribution in [1.29, 1.82) is 0 Å². The summed E-state index contributed by atoms with van der Waals surface area (Å²) < 4.78 is 0. The number of benzene rings is 1. The van der Waals surface area contributed by atoms with E-state index in [1.165, 1.54) is 6.07 Å². The van der Waals surface area contributed by atoms with Gasteiger partial charge in [0.1, 0.15) is 5.75 Å². The molecule has 0 saturated carbocycles. The topological polar surface area (TPSA) is 60.8 Å². The monoisotopic (exact) mass is 263 g/mol. The Morgan fingerprint density at radius 3 is 2.58 bits per heavy atom. The van der Waals surface area contributed by atoms with Crippen LogP contribution in [0, 0.1) is 5.41 Å². The first kappa shape index (κ1) is 13.9. The summed E-state index contributed by atoms with van der Waals surface area (Å²) in [5, 5.41) is 18.9. The van der Waals surface area contributed by atoms with Crippen molar-refractivity contribution >= 4 is 5.91 Å². The van der Waals surface area contributed by atoms with Gasteiger partial charge in [0, 0.05) is 25.3 Å². The third-order valence-electron chi connectivity index (χ3n) is 4.29. The molecule has 2 N–H and O–H groups in total. The van der Waals surface area contributed by atoms with E-state index in [9.17, 15) is 15.0 Å². The van der Waals surface area contributed by atoms with Crippen molar-refractivity contribution in [3.63, 3.8) is 0 Å². The van der Waals surface area contributed by atoms with Crippen molar-refractivity contribution in [3.05, 3.63) is 29.8 Å². The molecule has 2 rings (SSSR count). The van der Waals surface area contributed by atoms with Crippen LogP contribution in [0.3, 0.4) is 0 Å². The van der Waals surface area contributed by atoms with Crippen LogP contribution in [0.5, 0.6) is 5.75 Å². The second kappa shape index (κ2) is 5.61. The number of carbonyl (C=O) groups is 1. The van der Waals surface area contributed by atoms with Crippen molar-refractivity contribution in [2.45, 2.75) is 26.2 Å². The zero-order valence-corrected chi connectivity index (χ0v) is 11.3. The number of rotatable bonds is 3. The first-order chi connectivity index (χ1) is 9.10. The van der Waals surface area contributed by atoms with Crippen molar-refractivity contribution in [3.8, 4) is 5.75 Å². The maximum absolute atomic E-state index is 12.3. The van der Waals surface area contributed by atoms with Crippen LogP contribution in [0.1, 0.15) is 36.5 Å². The van der Waals surface area contributed by atoms with E-state index in [1.807, 2.05) is 0 Å². The summed E-state index contributed by atoms with van der Waals surface area (Å²) in [6, 6.07) is 6.45. The maximum Gasteiger partial charge on any atom is 0.253 e. The normalized spacial score (nSPS) is 18.3. The van der Waals surface area contributed by atoms with Crippen LogP contribution >= 0.6 is 0 Å². The molecule has 19 heavy (non-hydrogen) atoms. The van der Waals surface area contributed by atoms with Gasteiger partial charge in [-0.05, 0) is 42.9 Å². The maximum atomic E-state index is 12.3. The lowest BCUT2D eigenvalue weighted by molar-refractivity contribution is 0.0338. The molecule has 1 aliphatic heterocycles. The molecule has 0 bridgehead atoms. The number of piperidine rings is 1. The molecule has 0 aromatic heterocycles. The van der Waals surface area contributed by atoms with Gasteiger partial charge in [0.25, 0.3) is 5.91 Å². The fourth-order valence-corrected chi connectivity index (χ4v) is 2.63. The molecule has 0 unspecified atom stereocenters. The molecule has 1 heterocycles. The average molecular weight is 263 g/mol. The van der Waals surface area contributed by atoms with Crippen molar-refractivity contribution in [1.82, 2.24) is 4.90 Å². The molecular weight excluding hydrogens is 242 g/mol. The SMILES string of the molecule is CCC1(CO)CCN(C(=O)c2cccc(O)c2)CC1. The van der Waals surface area contributed by atoms with Gasteiger partial charge in [-0.15, -0.1) is 0 Å². The third kappa shape index (κ3) is 2.89. The van der Waals surface area contributed by atoms with Crippen LogP contribution in [0.25, 0.3) is 0 Å². The van der Waals surface area contributed by atoms with Gasteiger partial charge in [0.15, 0.2) is 0 Å². The molecule has 0 radical (unpaired) electrons. The number of phenolic OH excluding ortho intramolecular Hbond substituents is 1. The molecule has 1 fully saturated rings. The van der Waals surface area contributed by atoms with Gasteiger partial charge in [0.05, 0.1) is 0 Å². The summed E-state index contributed by atoms with van der Waals surface area (Å²) in [4.78, 5) is 14.1. The van der Waals surface area contributed by atoms with Crippen LogP contribution in [0.4, 0.5) is 0 Å². The highest BCUT2D eigenvalue weighted by Crippen LogP contribution is 2.34. The van der Waals surface area contributed by atoms with Gasteiger partial charge in [-0.25, -0.2) is 0 Å². The molecule has 1 aromatic carbocycles. The van der Waals surface area contributed by atoms with Gasteiger partial charge in [-0.2, -0.15) is 0 Å². The number of amides is 1. The Kier molecular flexibility index (Phi) is 4.10. The van der Waals surface area contributed by atoms with Gasteiger partial charge in [-0.1, -0.05) is 13.0 Å². The zero-order valence-electron chi connectivity index (χ0n) is 11.3. The fraction of sp³-hybridized carbons (Fsp3) is 0.533. The lowest BCUT2D eigenvalue weighted by atomic mass is 9.77. The van der Waals surface area contributed by atoms with Gasteiger partial charge >= 0.3 is 0 Å². The molecule has 1 aliphatic rings. The largest absolute Gasteiger partial charge is 0.508 e. The van der Waals surface area contributed by atoms with E-state index in [-0.39, 0.29) is 23.7 Å². The second-order valence-corrected chi connectivity index (χ2v) is 5.35. The van der Waals surface area contributed by atoms with Gasteiger partial charge in [-0.3, -0.25) is 4.79 Å². The number of aliphatic hydroxyl groups excluding tert-OH is 1. The number of likely N-dealkylation sites (tertiary alicyclic amines) is 1. The average Bonchev–Trinajstić information content (AvgIpc) is 2.46. The molecule has 0 aliphatic carbocycles. The number of nitrogens with zero attached hydrogens (tertiary/aromatic N) is 1. The van der Waals surface area contributed by atoms with Crippen LogP contribution in [-0.2, 0) is 0 Å².